The normalized spacial score (nSPS) is 12.8. The van der Waals surface area contributed by atoms with Crippen molar-refractivity contribution >= 4 is 27.8 Å². The molecular weight excluding hydrogens is 382 g/mol. The first-order valence-electron chi connectivity index (χ1n) is 9.84. The van der Waals surface area contributed by atoms with Crippen LogP contribution >= 0.6 is 0 Å². The van der Waals surface area contributed by atoms with Crippen molar-refractivity contribution in [3.05, 3.63) is 66.2 Å². The average Bonchev–Trinajstić information content (AvgIpc) is 3.15. The van der Waals surface area contributed by atoms with Gasteiger partial charge in [0.25, 0.3) is 5.91 Å². The topological polar surface area (TPSA) is 61.1 Å². The summed E-state index contributed by atoms with van der Waals surface area (Å²) in [5, 5.41) is 2.00. The molecule has 1 aromatic heterocycles. The number of ether oxygens (including phenoxy) is 3. The average molecular weight is 403 g/mol. The molecule has 0 N–H and O–H groups in total. The van der Waals surface area contributed by atoms with Gasteiger partial charge in [-0.3, -0.25) is 4.79 Å². The zero-order valence-electron chi connectivity index (χ0n) is 16.6. The van der Waals surface area contributed by atoms with Crippen LogP contribution in [-0.2, 0) is 11.3 Å². The van der Waals surface area contributed by atoms with E-state index in [0.29, 0.717) is 25.5 Å². The van der Waals surface area contributed by atoms with Crippen molar-refractivity contribution in [3.8, 4) is 17.2 Å². The molecule has 6 nitrogen and oxygen atoms in total. The number of benzene rings is 3. The molecule has 0 unspecified atom stereocenters. The molecule has 0 spiro atoms. The van der Waals surface area contributed by atoms with Crippen LogP contribution in [0.3, 0.4) is 0 Å². The Morgan fingerprint density at radius 3 is 2.63 bits per heavy atom. The predicted octanol–water partition coefficient (Wildman–Crippen LogP) is 4.39. The molecule has 6 heteroatoms. The minimum absolute atomic E-state index is 0.0393. The molecule has 0 aliphatic carbocycles. The van der Waals surface area contributed by atoms with Crippen LogP contribution in [0.1, 0.15) is 5.56 Å². The van der Waals surface area contributed by atoms with Crippen LogP contribution in [0.5, 0.6) is 17.2 Å². The quantitative estimate of drug-likeness (QED) is 0.494. The smallest absolute Gasteiger partial charge is 0.260 e. The van der Waals surface area contributed by atoms with E-state index in [2.05, 4.69) is 0 Å². The molecule has 30 heavy (non-hydrogen) atoms. The molecule has 1 aliphatic rings. The third kappa shape index (κ3) is 3.52. The summed E-state index contributed by atoms with van der Waals surface area (Å²) in [4.78, 5) is 14.2. The second-order valence-electron chi connectivity index (χ2n) is 7.27. The van der Waals surface area contributed by atoms with Gasteiger partial charge in [-0.05, 0) is 42.0 Å². The number of carbonyl (C=O) groups is 1. The van der Waals surface area contributed by atoms with Crippen LogP contribution in [0, 0.1) is 0 Å². The molecule has 4 aromatic rings. The van der Waals surface area contributed by atoms with Crippen molar-refractivity contribution in [2.24, 2.45) is 0 Å². The molecule has 0 fully saturated rings. The lowest BCUT2D eigenvalue weighted by Crippen LogP contribution is -2.31. The minimum Gasteiger partial charge on any atom is -0.486 e. The molecule has 0 saturated heterocycles. The van der Waals surface area contributed by atoms with Crippen molar-refractivity contribution in [1.82, 2.24) is 4.90 Å². The van der Waals surface area contributed by atoms with Gasteiger partial charge in [-0.25, -0.2) is 0 Å². The maximum Gasteiger partial charge on any atom is 0.260 e. The first-order chi connectivity index (χ1) is 14.7. The van der Waals surface area contributed by atoms with E-state index in [4.69, 9.17) is 18.6 Å². The van der Waals surface area contributed by atoms with Gasteiger partial charge in [0.15, 0.2) is 18.1 Å². The molecule has 1 amide bonds. The summed E-state index contributed by atoms with van der Waals surface area (Å²) in [7, 11) is 1.76. The Bertz CT molecular complexity index is 1230. The minimum atomic E-state index is -0.109. The standard InChI is InChI=1S/C24H21NO5/c1-25(14-16-6-8-22-23(12-16)28-11-10-27-22)24(26)15-29-17-7-9-21-19(13-17)18-4-2-3-5-20(18)30-21/h2-9,12-13H,10-11,14-15H2,1H3. The predicted molar refractivity (Wildman–Crippen MR) is 113 cm³/mol. The summed E-state index contributed by atoms with van der Waals surface area (Å²) in [5.74, 6) is 1.98. The first-order valence-corrected chi connectivity index (χ1v) is 9.84. The van der Waals surface area contributed by atoms with Gasteiger partial charge >= 0.3 is 0 Å². The molecule has 0 saturated carbocycles. The summed E-state index contributed by atoms with van der Waals surface area (Å²) in [6.07, 6.45) is 0. The number of carbonyl (C=O) groups excluding carboxylic acids is 1. The van der Waals surface area contributed by atoms with Gasteiger partial charge in [-0.1, -0.05) is 24.3 Å². The molecule has 2 heterocycles. The number of para-hydroxylation sites is 1. The second kappa shape index (κ2) is 7.63. The maximum atomic E-state index is 12.6. The van der Waals surface area contributed by atoms with E-state index in [9.17, 15) is 4.79 Å². The lowest BCUT2D eigenvalue weighted by molar-refractivity contribution is -0.132. The Labute approximate surface area is 173 Å². The molecule has 0 radical (unpaired) electrons. The summed E-state index contributed by atoms with van der Waals surface area (Å²) in [5.41, 5.74) is 2.60. The van der Waals surface area contributed by atoms with Crippen LogP contribution in [0.25, 0.3) is 21.9 Å². The van der Waals surface area contributed by atoms with E-state index in [1.165, 1.54) is 0 Å². The highest BCUT2D eigenvalue weighted by Gasteiger charge is 2.15. The molecule has 152 valence electrons. The highest BCUT2D eigenvalue weighted by Crippen LogP contribution is 2.32. The number of amides is 1. The van der Waals surface area contributed by atoms with E-state index >= 15 is 0 Å². The largest absolute Gasteiger partial charge is 0.486 e. The highest BCUT2D eigenvalue weighted by molar-refractivity contribution is 6.05. The van der Waals surface area contributed by atoms with Gasteiger partial charge in [0, 0.05) is 24.4 Å². The summed E-state index contributed by atoms with van der Waals surface area (Å²) < 4.78 is 22.7. The fraction of sp³-hybridized carbons (Fsp3) is 0.208. The van der Waals surface area contributed by atoms with Gasteiger partial charge in [-0.2, -0.15) is 0 Å². The van der Waals surface area contributed by atoms with E-state index < -0.39 is 0 Å². The number of likely N-dealkylation sites (N-methyl/N-ethyl adjacent to an activating group) is 1. The highest BCUT2D eigenvalue weighted by atomic mass is 16.6. The second-order valence-corrected chi connectivity index (χ2v) is 7.27. The molecule has 1 aliphatic heterocycles. The fourth-order valence-electron chi connectivity index (χ4n) is 3.60. The zero-order chi connectivity index (χ0) is 20.5. The number of hydrogen-bond donors (Lipinski definition) is 0. The van der Waals surface area contributed by atoms with E-state index in [-0.39, 0.29) is 12.5 Å². The van der Waals surface area contributed by atoms with Crippen LogP contribution in [0.4, 0.5) is 0 Å². The van der Waals surface area contributed by atoms with E-state index in [0.717, 1.165) is 39.0 Å². The molecule has 3 aromatic carbocycles. The van der Waals surface area contributed by atoms with Crippen molar-refractivity contribution in [1.29, 1.82) is 0 Å². The van der Waals surface area contributed by atoms with Gasteiger partial charge in [0.1, 0.15) is 30.1 Å². The third-order valence-electron chi connectivity index (χ3n) is 5.16. The first kappa shape index (κ1) is 18.4. The Balaban J connectivity index is 1.24. The molecule has 0 bridgehead atoms. The Hall–Kier alpha value is -3.67. The number of fused-ring (bicyclic) bond motifs is 4. The van der Waals surface area contributed by atoms with Crippen LogP contribution in [-0.4, -0.2) is 37.7 Å². The van der Waals surface area contributed by atoms with Crippen molar-refractivity contribution in [2.75, 3.05) is 26.9 Å². The SMILES string of the molecule is CN(Cc1ccc2c(c1)OCCO2)C(=O)COc1ccc2oc3ccccc3c2c1. The Morgan fingerprint density at radius 2 is 1.73 bits per heavy atom. The van der Waals surface area contributed by atoms with Crippen LogP contribution in [0.2, 0.25) is 0 Å². The number of hydrogen-bond acceptors (Lipinski definition) is 5. The van der Waals surface area contributed by atoms with Crippen LogP contribution in [0.15, 0.2) is 65.1 Å². The van der Waals surface area contributed by atoms with Gasteiger partial charge < -0.3 is 23.5 Å². The summed E-state index contributed by atoms with van der Waals surface area (Å²) in [6.45, 7) is 1.52. The Kier molecular flexibility index (Phi) is 4.67. The third-order valence-corrected chi connectivity index (χ3v) is 5.16. The van der Waals surface area contributed by atoms with Gasteiger partial charge in [0.05, 0.1) is 0 Å². The number of rotatable bonds is 5. The van der Waals surface area contributed by atoms with E-state index in [1.807, 2.05) is 60.7 Å². The summed E-state index contributed by atoms with van der Waals surface area (Å²) in [6, 6.07) is 19.2. The van der Waals surface area contributed by atoms with Gasteiger partial charge in [0.2, 0.25) is 0 Å². The lowest BCUT2D eigenvalue weighted by Gasteiger charge is -2.21. The monoisotopic (exact) mass is 403 g/mol. The number of nitrogens with zero attached hydrogens (tertiary/aromatic N) is 1. The van der Waals surface area contributed by atoms with Crippen molar-refractivity contribution in [2.45, 2.75) is 6.54 Å². The number of furan rings is 1. The van der Waals surface area contributed by atoms with Gasteiger partial charge in [-0.15, -0.1) is 0 Å². The Morgan fingerprint density at radius 1 is 0.933 bits per heavy atom. The molecule has 5 rings (SSSR count). The molecule has 0 atom stereocenters. The summed E-state index contributed by atoms with van der Waals surface area (Å²) >= 11 is 0. The zero-order valence-corrected chi connectivity index (χ0v) is 16.6. The fourth-order valence-corrected chi connectivity index (χ4v) is 3.60. The van der Waals surface area contributed by atoms with Crippen molar-refractivity contribution < 1.29 is 23.4 Å². The van der Waals surface area contributed by atoms with Crippen LogP contribution < -0.4 is 14.2 Å². The molecular formula is C24H21NO5. The maximum absolute atomic E-state index is 12.6. The lowest BCUT2D eigenvalue weighted by atomic mass is 10.1. The van der Waals surface area contributed by atoms with Crippen molar-refractivity contribution in [3.63, 3.8) is 0 Å². The van der Waals surface area contributed by atoms with E-state index in [1.54, 1.807) is 11.9 Å².